The van der Waals surface area contributed by atoms with Crippen LogP contribution in [0.2, 0.25) is 0 Å². The van der Waals surface area contributed by atoms with Gasteiger partial charge in [0, 0.05) is 36.3 Å². The molecule has 1 saturated carbocycles. The number of carbonyl (C=O) groups is 3. The van der Waals surface area contributed by atoms with Gasteiger partial charge in [-0.3, -0.25) is 14.4 Å². The topological polar surface area (TPSA) is 205 Å². The molecule has 222 valence electrons. The van der Waals surface area contributed by atoms with Crippen LogP contribution in [0.1, 0.15) is 55.8 Å². The van der Waals surface area contributed by atoms with Crippen molar-refractivity contribution in [1.29, 1.82) is 0 Å². The third kappa shape index (κ3) is 4.08. The Morgan fingerprint density at radius 3 is 2.52 bits per heavy atom. The maximum absolute atomic E-state index is 14.1. The minimum Gasteiger partial charge on any atom is -0.508 e. The summed E-state index contributed by atoms with van der Waals surface area (Å²) >= 11 is 0. The minimum atomic E-state index is -2.71. The number of primary amides is 1. The van der Waals surface area contributed by atoms with Gasteiger partial charge in [-0.25, -0.2) is 4.98 Å². The van der Waals surface area contributed by atoms with Gasteiger partial charge in [-0.15, -0.1) is 0 Å². The largest absolute Gasteiger partial charge is 0.508 e. The van der Waals surface area contributed by atoms with E-state index in [-0.39, 0.29) is 47.6 Å². The first-order valence-corrected chi connectivity index (χ1v) is 14.1. The molecular formula is C30H33N3O9. The number of benzene rings is 1. The number of aromatic hydroxyl groups is 1. The number of rotatable bonds is 5. The monoisotopic (exact) mass is 579 g/mol. The SMILES string of the molecule is CC(C)c1coc(-c2ccc(O)c3c2C[C@H]2C[C@H]4[C@@H](NC5CCOCC5)C(=O)C(C(N)=O)=C(O)[C@@]4(O)C(=O)C2=C3O)n1. The van der Waals surface area contributed by atoms with Gasteiger partial charge in [-0.2, -0.15) is 0 Å². The zero-order chi connectivity index (χ0) is 30.1. The molecule has 12 nitrogen and oxygen atoms in total. The van der Waals surface area contributed by atoms with Crippen molar-refractivity contribution in [2.45, 2.75) is 63.1 Å². The van der Waals surface area contributed by atoms with E-state index >= 15 is 0 Å². The summed E-state index contributed by atoms with van der Waals surface area (Å²) in [6, 6.07) is 1.55. The molecule has 4 atom stereocenters. The van der Waals surface area contributed by atoms with E-state index in [2.05, 4.69) is 10.3 Å². The molecule has 3 aliphatic carbocycles. The summed E-state index contributed by atoms with van der Waals surface area (Å²) < 4.78 is 11.1. The Hall–Kier alpha value is -4.00. The van der Waals surface area contributed by atoms with Crippen LogP contribution < -0.4 is 11.1 Å². The fourth-order valence-electron chi connectivity index (χ4n) is 6.86. The molecule has 0 bridgehead atoms. The summed E-state index contributed by atoms with van der Waals surface area (Å²) in [6.07, 6.45) is 2.79. The van der Waals surface area contributed by atoms with E-state index in [4.69, 9.17) is 14.9 Å². The average molecular weight is 580 g/mol. The summed E-state index contributed by atoms with van der Waals surface area (Å²) in [6.45, 7) is 4.82. The number of ketones is 2. The number of nitrogens with zero attached hydrogens (tertiary/aromatic N) is 1. The second-order valence-corrected chi connectivity index (χ2v) is 11.8. The fourth-order valence-corrected chi connectivity index (χ4v) is 6.86. The molecule has 1 aromatic heterocycles. The van der Waals surface area contributed by atoms with E-state index in [1.165, 1.54) is 6.07 Å². The molecule has 12 heteroatoms. The molecule has 0 radical (unpaired) electrons. The van der Waals surface area contributed by atoms with Crippen molar-refractivity contribution in [2.75, 3.05) is 13.2 Å². The lowest BCUT2D eigenvalue weighted by Crippen LogP contribution is -2.67. The van der Waals surface area contributed by atoms with Gasteiger partial charge in [0.2, 0.25) is 11.7 Å². The molecule has 0 spiro atoms. The van der Waals surface area contributed by atoms with Crippen molar-refractivity contribution < 1.29 is 44.0 Å². The van der Waals surface area contributed by atoms with Crippen LogP contribution >= 0.6 is 0 Å². The number of aliphatic hydroxyl groups is 3. The Morgan fingerprint density at radius 2 is 1.88 bits per heavy atom. The molecule has 2 fully saturated rings. The highest BCUT2D eigenvalue weighted by atomic mass is 16.5. The first-order valence-electron chi connectivity index (χ1n) is 14.1. The van der Waals surface area contributed by atoms with Crippen molar-refractivity contribution in [1.82, 2.24) is 10.3 Å². The number of hydrogen-bond donors (Lipinski definition) is 6. The summed E-state index contributed by atoms with van der Waals surface area (Å²) in [4.78, 5) is 44.6. The van der Waals surface area contributed by atoms with Crippen LogP contribution in [0.15, 0.2) is 39.7 Å². The maximum atomic E-state index is 14.1. The molecule has 2 heterocycles. The molecule has 1 aromatic carbocycles. The van der Waals surface area contributed by atoms with Crippen molar-refractivity contribution in [3.05, 3.63) is 52.1 Å². The van der Waals surface area contributed by atoms with E-state index in [0.29, 0.717) is 37.2 Å². The molecule has 2 aromatic rings. The van der Waals surface area contributed by atoms with E-state index < -0.39 is 58.0 Å². The number of hydrogen-bond acceptors (Lipinski definition) is 11. The number of phenolic OH excluding ortho intramolecular Hbond substituents is 1. The molecule has 7 N–H and O–H groups in total. The van der Waals surface area contributed by atoms with Gasteiger partial charge >= 0.3 is 0 Å². The number of Topliss-reactive ketones (excluding diaryl/α,β-unsaturated/α-hetero) is 2. The number of aromatic nitrogens is 1. The highest BCUT2D eigenvalue weighted by Crippen LogP contribution is 2.53. The lowest BCUT2D eigenvalue weighted by Gasteiger charge is -2.49. The highest BCUT2D eigenvalue weighted by Gasteiger charge is 2.64. The molecular weight excluding hydrogens is 546 g/mol. The van der Waals surface area contributed by atoms with Crippen molar-refractivity contribution in [2.24, 2.45) is 17.6 Å². The lowest BCUT2D eigenvalue weighted by molar-refractivity contribution is -0.150. The van der Waals surface area contributed by atoms with Crippen molar-refractivity contribution in [3.8, 4) is 17.2 Å². The van der Waals surface area contributed by atoms with Crippen LogP contribution in [0.25, 0.3) is 17.2 Å². The second-order valence-electron chi connectivity index (χ2n) is 11.8. The van der Waals surface area contributed by atoms with Gasteiger partial charge in [0.15, 0.2) is 11.4 Å². The lowest BCUT2D eigenvalue weighted by atomic mass is 9.57. The van der Waals surface area contributed by atoms with Crippen LogP contribution in [0.5, 0.6) is 5.75 Å². The minimum absolute atomic E-state index is 0.0122. The van der Waals surface area contributed by atoms with Gasteiger partial charge in [0.1, 0.15) is 29.1 Å². The Bertz CT molecular complexity index is 1570. The number of nitrogens with two attached hydrogens (primary N) is 1. The molecule has 1 saturated heterocycles. The van der Waals surface area contributed by atoms with E-state index in [1.54, 1.807) is 12.3 Å². The molecule has 42 heavy (non-hydrogen) atoms. The number of ether oxygens (including phenoxy) is 1. The van der Waals surface area contributed by atoms with Gasteiger partial charge in [-0.1, -0.05) is 13.8 Å². The molecule has 4 aliphatic rings. The van der Waals surface area contributed by atoms with E-state index in [0.717, 1.165) is 5.69 Å². The fraction of sp³-hybridized carbons (Fsp3) is 0.467. The molecule has 6 rings (SSSR count). The van der Waals surface area contributed by atoms with E-state index in [1.807, 2.05) is 13.8 Å². The van der Waals surface area contributed by atoms with Crippen LogP contribution in [-0.2, 0) is 25.5 Å². The summed E-state index contributed by atoms with van der Waals surface area (Å²) in [5.41, 5.74) is 3.39. The van der Waals surface area contributed by atoms with Crippen LogP contribution in [-0.4, -0.2) is 73.8 Å². The Morgan fingerprint density at radius 1 is 1.17 bits per heavy atom. The number of amides is 1. The number of phenols is 1. The number of aliphatic hydroxyl groups excluding tert-OH is 2. The smallest absolute Gasteiger partial charge is 0.255 e. The Balaban J connectivity index is 1.49. The third-order valence-electron chi connectivity index (χ3n) is 9.06. The Labute approximate surface area is 240 Å². The number of fused-ring (bicyclic) bond motifs is 3. The molecule has 1 amide bonds. The van der Waals surface area contributed by atoms with Crippen LogP contribution in [0, 0.1) is 11.8 Å². The predicted molar refractivity (Wildman–Crippen MR) is 147 cm³/mol. The summed E-state index contributed by atoms with van der Waals surface area (Å²) in [7, 11) is 0. The number of carbonyl (C=O) groups excluding carboxylic acids is 3. The second kappa shape index (κ2) is 10.1. The van der Waals surface area contributed by atoms with Gasteiger partial charge in [0.05, 0.1) is 17.3 Å². The van der Waals surface area contributed by atoms with Crippen molar-refractivity contribution in [3.63, 3.8) is 0 Å². The third-order valence-corrected chi connectivity index (χ3v) is 9.06. The average Bonchev–Trinajstić information content (AvgIpc) is 3.44. The summed E-state index contributed by atoms with van der Waals surface area (Å²) in [5, 5.41) is 48.5. The highest BCUT2D eigenvalue weighted by molar-refractivity contribution is 6.24. The first-order chi connectivity index (χ1) is 19.9. The standard InChI is InChI=1S/C30H33N3O9/c1-12(2)18-11-42-29(33-18)15-3-4-19(34)21-16(15)9-13-10-17-23(32-14-5-7-41-8-6-14)25(36)22(28(31)39)27(38)30(17,40)26(37)20(13)24(21)35/h3-4,11-14,17,23,32,34-35,38,40H,5-10H2,1-2H3,(H2,31,39)/t13-,17-,23+,30-/m0/s1. The van der Waals surface area contributed by atoms with Gasteiger partial charge in [0.25, 0.3) is 5.91 Å². The predicted octanol–water partition coefficient (Wildman–Crippen LogP) is 1.95. The number of oxazole rings is 1. The zero-order valence-electron chi connectivity index (χ0n) is 23.2. The zero-order valence-corrected chi connectivity index (χ0v) is 23.2. The van der Waals surface area contributed by atoms with Gasteiger partial charge in [-0.05, 0) is 55.2 Å². The quantitative estimate of drug-likeness (QED) is 0.282. The van der Waals surface area contributed by atoms with Gasteiger partial charge < -0.3 is 40.6 Å². The summed E-state index contributed by atoms with van der Waals surface area (Å²) in [5.74, 6) is -6.63. The molecule has 1 aliphatic heterocycles. The van der Waals surface area contributed by atoms with E-state index in [9.17, 15) is 34.8 Å². The normalized spacial score (nSPS) is 28.1. The molecule has 0 unspecified atom stereocenters. The van der Waals surface area contributed by atoms with Crippen molar-refractivity contribution >= 4 is 23.2 Å². The first kappa shape index (κ1) is 28.1. The van der Waals surface area contributed by atoms with Crippen LogP contribution in [0.3, 0.4) is 0 Å². The maximum Gasteiger partial charge on any atom is 0.255 e. The van der Waals surface area contributed by atoms with Crippen LogP contribution in [0.4, 0.5) is 0 Å². The number of nitrogens with one attached hydrogen (secondary N) is 1. The Kier molecular flexibility index (Phi) is 6.75.